The van der Waals surface area contributed by atoms with Gasteiger partial charge >= 0.3 is 0 Å². The van der Waals surface area contributed by atoms with Crippen molar-refractivity contribution in [1.29, 1.82) is 10.5 Å². The van der Waals surface area contributed by atoms with Crippen LogP contribution < -0.4 is 4.43 Å². The molecule has 16 heavy (non-hydrogen) atoms. The standard InChI is InChI=1S/C11H11ClN2OSi/c1-16(2,3)15-11-5-9(7-14)8(6-13)4-10(11)12/h4-5H,1-3H3. The lowest BCUT2D eigenvalue weighted by molar-refractivity contribution is 0.557. The van der Waals surface area contributed by atoms with Gasteiger partial charge in [0.05, 0.1) is 16.1 Å². The van der Waals surface area contributed by atoms with E-state index in [9.17, 15) is 0 Å². The van der Waals surface area contributed by atoms with Crippen molar-refractivity contribution in [2.75, 3.05) is 0 Å². The van der Waals surface area contributed by atoms with Crippen molar-refractivity contribution in [3.8, 4) is 17.9 Å². The van der Waals surface area contributed by atoms with Crippen molar-refractivity contribution in [3.63, 3.8) is 0 Å². The largest absolute Gasteiger partial charge is 0.543 e. The molecule has 0 unspecified atom stereocenters. The van der Waals surface area contributed by atoms with Crippen LogP contribution >= 0.6 is 11.6 Å². The summed E-state index contributed by atoms with van der Waals surface area (Å²) in [5, 5.41) is 18.1. The molecule has 0 fully saturated rings. The third kappa shape index (κ3) is 3.00. The average Bonchev–Trinajstić information content (AvgIpc) is 2.18. The van der Waals surface area contributed by atoms with Gasteiger partial charge in [-0.15, -0.1) is 0 Å². The highest BCUT2D eigenvalue weighted by atomic mass is 35.5. The van der Waals surface area contributed by atoms with E-state index in [0.29, 0.717) is 16.3 Å². The molecule has 0 heterocycles. The first-order valence-electron chi connectivity index (χ1n) is 4.70. The lowest BCUT2D eigenvalue weighted by atomic mass is 10.1. The van der Waals surface area contributed by atoms with Crippen LogP contribution in [0.1, 0.15) is 11.1 Å². The topological polar surface area (TPSA) is 56.8 Å². The lowest BCUT2D eigenvalue weighted by Crippen LogP contribution is -2.29. The van der Waals surface area contributed by atoms with Gasteiger partial charge in [-0.2, -0.15) is 10.5 Å². The summed E-state index contributed by atoms with van der Waals surface area (Å²) in [6.07, 6.45) is 0. The molecule has 0 amide bonds. The molecule has 0 aliphatic carbocycles. The van der Waals surface area contributed by atoms with E-state index in [0.717, 1.165) is 0 Å². The zero-order valence-corrected chi connectivity index (χ0v) is 11.1. The number of nitrogens with zero attached hydrogens (tertiary/aromatic N) is 2. The Labute approximate surface area is 101 Å². The first kappa shape index (κ1) is 12.6. The van der Waals surface area contributed by atoms with Gasteiger partial charge in [0.1, 0.15) is 17.9 Å². The molecular weight excluding hydrogens is 240 g/mol. The Kier molecular flexibility index (Phi) is 3.59. The quantitative estimate of drug-likeness (QED) is 0.757. The van der Waals surface area contributed by atoms with Crippen molar-refractivity contribution >= 4 is 19.9 Å². The predicted molar refractivity (Wildman–Crippen MR) is 64.9 cm³/mol. The van der Waals surface area contributed by atoms with Gasteiger partial charge in [0.2, 0.25) is 8.32 Å². The number of nitriles is 2. The van der Waals surface area contributed by atoms with Crippen molar-refractivity contribution in [2.24, 2.45) is 0 Å². The summed E-state index contributed by atoms with van der Waals surface area (Å²) < 4.78 is 5.72. The zero-order valence-electron chi connectivity index (χ0n) is 9.34. The summed E-state index contributed by atoms with van der Waals surface area (Å²) in [6, 6.07) is 6.88. The first-order chi connectivity index (χ1) is 7.37. The maximum Gasteiger partial charge on any atom is 0.242 e. The second kappa shape index (κ2) is 4.57. The minimum Gasteiger partial charge on any atom is -0.543 e. The Bertz CT molecular complexity index is 494. The van der Waals surface area contributed by atoms with Crippen molar-refractivity contribution < 1.29 is 4.43 Å². The van der Waals surface area contributed by atoms with Crippen LogP contribution in [0.5, 0.6) is 5.75 Å². The molecule has 0 saturated carbocycles. The van der Waals surface area contributed by atoms with E-state index >= 15 is 0 Å². The van der Waals surface area contributed by atoms with Gasteiger partial charge in [-0.1, -0.05) is 11.6 Å². The Balaban J connectivity index is 3.25. The van der Waals surface area contributed by atoms with E-state index in [1.54, 1.807) is 0 Å². The van der Waals surface area contributed by atoms with Crippen LogP contribution in [0.4, 0.5) is 0 Å². The van der Waals surface area contributed by atoms with E-state index in [-0.39, 0.29) is 5.56 Å². The first-order valence-corrected chi connectivity index (χ1v) is 8.49. The second-order valence-electron chi connectivity index (χ2n) is 4.27. The molecule has 0 saturated heterocycles. The Hall–Kier alpha value is -1.49. The normalized spacial score (nSPS) is 10.4. The van der Waals surface area contributed by atoms with E-state index in [1.807, 2.05) is 31.8 Å². The van der Waals surface area contributed by atoms with Crippen molar-refractivity contribution in [2.45, 2.75) is 19.6 Å². The molecule has 0 atom stereocenters. The molecule has 5 heteroatoms. The molecule has 0 radical (unpaired) electrons. The van der Waals surface area contributed by atoms with E-state index in [1.165, 1.54) is 12.1 Å². The average molecular weight is 251 g/mol. The van der Waals surface area contributed by atoms with Gasteiger partial charge in [0, 0.05) is 0 Å². The zero-order chi connectivity index (χ0) is 12.3. The van der Waals surface area contributed by atoms with Gasteiger partial charge in [-0.25, -0.2) is 0 Å². The Morgan fingerprint density at radius 3 is 2.06 bits per heavy atom. The molecule has 1 aromatic carbocycles. The van der Waals surface area contributed by atoms with E-state index < -0.39 is 8.32 Å². The molecule has 82 valence electrons. The predicted octanol–water partition coefficient (Wildman–Crippen LogP) is 3.30. The van der Waals surface area contributed by atoms with Crippen molar-refractivity contribution in [1.82, 2.24) is 0 Å². The summed E-state index contributed by atoms with van der Waals surface area (Å²) in [5.41, 5.74) is 0.565. The minimum atomic E-state index is -1.77. The highest BCUT2D eigenvalue weighted by Crippen LogP contribution is 2.29. The van der Waals surface area contributed by atoms with Crippen LogP contribution in [0, 0.1) is 22.7 Å². The maximum absolute atomic E-state index is 8.87. The summed E-state index contributed by atoms with van der Waals surface area (Å²) in [4.78, 5) is 0. The van der Waals surface area contributed by atoms with Gasteiger partial charge in [-0.05, 0) is 31.8 Å². The smallest absolute Gasteiger partial charge is 0.242 e. The van der Waals surface area contributed by atoms with Crippen LogP contribution in [0.2, 0.25) is 24.7 Å². The third-order valence-corrected chi connectivity index (χ3v) is 2.86. The molecule has 0 N–H and O–H groups in total. The second-order valence-corrected chi connectivity index (χ2v) is 9.10. The molecular formula is C11H11ClN2OSi. The highest BCUT2D eigenvalue weighted by Gasteiger charge is 2.19. The minimum absolute atomic E-state index is 0.274. The van der Waals surface area contributed by atoms with Crippen molar-refractivity contribution in [3.05, 3.63) is 28.3 Å². The molecule has 0 spiro atoms. The third-order valence-electron chi connectivity index (χ3n) is 1.73. The molecule has 0 aliphatic heterocycles. The SMILES string of the molecule is C[Si](C)(C)Oc1cc(C#N)c(C#N)cc1Cl. The number of hydrogen-bond donors (Lipinski definition) is 0. The fourth-order valence-electron chi connectivity index (χ4n) is 1.15. The monoisotopic (exact) mass is 250 g/mol. The number of hydrogen-bond acceptors (Lipinski definition) is 3. The van der Waals surface area contributed by atoms with Crippen LogP contribution in [0.25, 0.3) is 0 Å². The molecule has 1 rings (SSSR count). The van der Waals surface area contributed by atoms with Gasteiger partial charge in [-0.3, -0.25) is 0 Å². The molecule has 3 nitrogen and oxygen atoms in total. The fourth-order valence-corrected chi connectivity index (χ4v) is 2.24. The van der Waals surface area contributed by atoms with E-state index in [4.69, 9.17) is 26.6 Å². The molecule has 1 aromatic rings. The highest BCUT2D eigenvalue weighted by molar-refractivity contribution is 6.70. The maximum atomic E-state index is 8.87. The van der Waals surface area contributed by atoms with Crippen LogP contribution in [0.3, 0.4) is 0 Å². The van der Waals surface area contributed by atoms with E-state index in [2.05, 4.69) is 0 Å². The molecule has 0 bridgehead atoms. The molecule has 0 aliphatic rings. The summed E-state index contributed by atoms with van der Waals surface area (Å²) >= 11 is 5.98. The fraction of sp³-hybridized carbons (Fsp3) is 0.273. The van der Waals surface area contributed by atoms with Gasteiger partial charge in [0.25, 0.3) is 0 Å². The number of halogens is 1. The summed E-state index contributed by atoms with van der Waals surface area (Å²) in [5.74, 6) is 0.483. The Morgan fingerprint density at radius 2 is 1.62 bits per heavy atom. The Morgan fingerprint density at radius 1 is 1.12 bits per heavy atom. The van der Waals surface area contributed by atoms with Crippen LogP contribution in [-0.4, -0.2) is 8.32 Å². The summed E-state index contributed by atoms with van der Waals surface area (Å²) in [7, 11) is -1.77. The van der Waals surface area contributed by atoms with Gasteiger partial charge < -0.3 is 4.43 Å². The van der Waals surface area contributed by atoms with Crippen LogP contribution in [0.15, 0.2) is 12.1 Å². The number of benzene rings is 1. The lowest BCUT2D eigenvalue weighted by Gasteiger charge is -2.20. The van der Waals surface area contributed by atoms with Crippen LogP contribution in [-0.2, 0) is 0 Å². The molecule has 0 aromatic heterocycles. The summed E-state index contributed by atoms with van der Waals surface area (Å²) in [6.45, 7) is 6.06. The van der Waals surface area contributed by atoms with Gasteiger partial charge in [0.15, 0.2) is 0 Å². The number of rotatable bonds is 2.